The first kappa shape index (κ1) is 22.7. The van der Waals surface area contributed by atoms with Gasteiger partial charge in [-0.05, 0) is 55.2 Å². The lowest BCUT2D eigenvalue weighted by Crippen LogP contribution is -2.47. The van der Waals surface area contributed by atoms with Crippen molar-refractivity contribution in [2.45, 2.75) is 35.1 Å². The molecule has 0 spiro atoms. The quantitative estimate of drug-likeness (QED) is 0.382. The number of carbonyl (C=O) groups is 2. The highest BCUT2D eigenvalue weighted by atomic mass is 32.2. The standard InChI is InChI=1S/C23H22N2O7S/c26-22(24-10-2-1-3-17(24)23(27)28)9-5-15-4-8-21(18(13-15)25(29)30)33-16-6-7-19-20(14-16)32-12-11-31-19/h4-9,13-14,17H,1-3,10-12H2,(H,27,28)/b9-5+. The number of benzene rings is 2. The van der Waals surface area contributed by atoms with Gasteiger partial charge < -0.3 is 19.5 Å². The van der Waals surface area contributed by atoms with Crippen molar-refractivity contribution in [2.24, 2.45) is 0 Å². The van der Waals surface area contributed by atoms with E-state index in [4.69, 9.17) is 9.47 Å². The van der Waals surface area contributed by atoms with Crippen LogP contribution in [0.1, 0.15) is 24.8 Å². The second-order valence-corrected chi connectivity index (χ2v) is 8.72. The Morgan fingerprint density at radius 3 is 2.67 bits per heavy atom. The number of hydrogen-bond acceptors (Lipinski definition) is 7. The Balaban J connectivity index is 1.51. The Morgan fingerprint density at radius 2 is 1.91 bits per heavy atom. The first-order valence-corrected chi connectivity index (χ1v) is 11.3. The molecule has 10 heteroatoms. The summed E-state index contributed by atoms with van der Waals surface area (Å²) in [6, 6.07) is 9.24. The number of carbonyl (C=O) groups excluding carboxylic acids is 1. The number of piperidine rings is 1. The maximum absolute atomic E-state index is 12.5. The Hall–Kier alpha value is -3.53. The molecule has 1 amide bonds. The van der Waals surface area contributed by atoms with Crippen LogP contribution in [0.5, 0.6) is 11.5 Å². The van der Waals surface area contributed by atoms with Gasteiger partial charge in [0.15, 0.2) is 11.5 Å². The van der Waals surface area contributed by atoms with Gasteiger partial charge in [-0.25, -0.2) is 4.79 Å². The monoisotopic (exact) mass is 470 g/mol. The van der Waals surface area contributed by atoms with Crippen LogP contribution in [0.4, 0.5) is 5.69 Å². The van der Waals surface area contributed by atoms with Gasteiger partial charge in [0.1, 0.15) is 19.3 Å². The third kappa shape index (κ3) is 5.28. The zero-order chi connectivity index (χ0) is 23.4. The van der Waals surface area contributed by atoms with Crippen LogP contribution in [0, 0.1) is 10.1 Å². The molecule has 33 heavy (non-hydrogen) atoms. The second-order valence-electron chi connectivity index (χ2n) is 7.61. The van der Waals surface area contributed by atoms with Crippen LogP contribution in [-0.2, 0) is 9.59 Å². The molecular weight excluding hydrogens is 448 g/mol. The van der Waals surface area contributed by atoms with E-state index in [1.165, 1.54) is 34.9 Å². The van der Waals surface area contributed by atoms with Crippen LogP contribution in [0.15, 0.2) is 52.3 Å². The molecule has 0 aromatic heterocycles. The van der Waals surface area contributed by atoms with E-state index in [0.29, 0.717) is 48.1 Å². The maximum Gasteiger partial charge on any atom is 0.326 e. The number of amides is 1. The summed E-state index contributed by atoms with van der Waals surface area (Å²) in [6.45, 7) is 1.31. The Bertz CT molecular complexity index is 1120. The molecule has 0 radical (unpaired) electrons. The van der Waals surface area contributed by atoms with E-state index < -0.39 is 22.8 Å². The summed E-state index contributed by atoms with van der Waals surface area (Å²) in [7, 11) is 0. The zero-order valence-electron chi connectivity index (χ0n) is 17.6. The van der Waals surface area contributed by atoms with Gasteiger partial charge in [0.05, 0.1) is 9.82 Å². The van der Waals surface area contributed by atoms with Gasteiger partial charge in [-0.15, -0.1) is 0 Å². The number of likely N-dealkylation sites (tertiary alicyclic amines) is 1. The summed E-state index contributed by atoms with van der Waals surface area (Å²) in [4.78, 5) is 37.7. The van der Waals surface area contributed by atoms with E-state index in [1.54, 1.807) is 24.3 Å². The molecule has 172 valence electrons. The fourth-order valence-corrected chi connectivity index (χ4v) is 4.73. The van der Waals surface area contributed by atoms with Crippen LogP contribution in [-0.4, -0.2) is 52.6 Å². The van der Waals surface area contributed by atoms with Gasteiger partial charge in [0.25, 0.3) is 5.69 Å². The van der Waals surface area contributed by atoms with Crippen LogP contribution < -0.4 is 9.47 Å². The predicted molar refractivity (Wildman–Crippen MR) is 121 cm³/mol. The molecule has 2 aromatic rings. The number of hydrogen-bond donors (Lipinski definition) is 1. The minimum Gasteiger partial charge on any atom is -0.486 e. The molecule has 1 atom stereocenters. The van der Waals surface area contributed by atoms with E-state index in [1.807, 2.05) is 6.07 Å². The third-order valence-electron chi connectivity index (χ3n) is 5.41. The molecule has 0 saturated carbocycles. The van der Waals surface area contributed by atoms with E-state index in [9.17, 15) is 24.8 Å². The second kappa shape index (κ2) is 9.95. The molecule has 1 saturated heterocycles. The summed E-state index contributed by atoms with van der Waals surface area (Å²) in [5.41, 5.74) is 0.385. The molecule has 2 aliphatic heterocycles. The minimum atomic E-state index is -1.02. The van der Waals surface area contributed by atoms with E-state index >= 15 is 0 Å². The lowest BCUT2D eigenvalue weighted by atomic mass is 10.0. The lowest BCUT2D eigenvalue weighted by Gasteiger charge is -2.32. The SMILES string of the molecule is O=C(O)C1CCCCN1C(=O)/C=C/c1ccc(Sc2ccc3c(c2)OCCO3)c([N+](=O)[O-])c1. The van der Waals surface area contributed by atoms with E-state index in [0.717, 1.165) is 17.7 Å². The van der Waals surface area contributed by atoms with Crippen molar-refractivity contribution < 1.29 is 29.1 Å². The van der Waals surface area contributed by atoms with Crippen LogP contribution in [0.25, 0.3) is 6.08 Å². The summed E-state index contributed by atoms with van der Waals surface area (Å²) >= 11 is 1.23. The summed E-state index contributed by atoms with van der Waals surface area (Å²) < 4.78 is 11.1. The molecule has 2 aromatic carbocycles. The van der Waals surface area contributed by atoms with Crippen molar-refractivity contribution in [3.8, 4) is 11.5 Å². The van der Waals surface area contributed by atoms with Gasteiger partial charge in [0, 0.05) is 23.6 Å². The number of nitro groups is 1. The maximum atomic E-state index is 12.5. The Morgan fingerprint density at radius 1 is 1.12 bits per heavy atom. The summed E-state index contributed by atoms with van der Waals surface area (Å²) in [5, 5.41) is 21.0. The molecule has 0 aliphatic carbocycles. The number of ether oxygens (including phenoxy) is 2. The Labute approximate surface area is 194 Å². The fraction of sp³-hybridized carbons (Fsp3) is 0.304. The number of rotatable bonds is 6. The predicted octanol–water partition coefficient (Wildman–Crippen LogP) is 4.00. The van der Waals surface area contributed by atoms with Gasteiger partial charge in [-0.1, -0.05) is 17.8 Å². The zero-order valence-corrected chi connectivity index (χ0v) is 18.5. The first-order chi connectivity index (χ1) is 15.9. The van der Waals surface area contributed by atoms with Crippen LogP contribution in [0.2, 0.25) is 0 Å². The van der Waals surface area contributed by atoms with E-state index in [-0.39, 0.29) is 5.69 Å². The number of nitro benzene ring substituents is 1. The minimum absolute atomic E-state index is 0.0918. The lowest BCUT2D eigenvalue weighted by molar-refractivity contribution is -0.387. The van der Waals surface area contributed by atoms with Gasteiger partial charge in [-0.3, -0.25) is 14.9 Å². The highest BCUT2D eigenvalue weighted by Gasteiger charge is 2.30. The average Bonchev–Trinajstić information content (AvgIpc) is 2.83. The smallest absolute Gasteiger partial charge is 0.326 e. The first-order valence-electron chi connectivity index (χ1n) is 10.5. The number of aliphatic carboxylic acids is 1. The number of fused-ring (bicyclic) bond motifs is 1. The van der Waals surface area contributed by atoms with Crippen LogP contribution >= 0.6 is 11.8 Å². The van der Waals surface area contributed by atoms with Crippen molar-refractivity contribution in [1.82, 2.24) is 4.90 Å². The van der Waals surface area contributed by atoms with Crippen molar-refractivity contribution in [2.75, 3.05) is 19.8 Å². The van der Waals surface area contributed by atoms with Crippen molar-refractivity contribution in [3.63, 3.8) is 0 Å². The molecule has 0 bridgehead atoms. The topological polar surface area (TPSA) is 119 Å². The molecule has 2 heterocycles. The van der Waals surface area contributed by atoms with E-state index in [2.05, 4.69) is 0 Å². The van der Waals surface area contributed by atoms with Gasteiger partial charge in [0.2, 0.25) is 5.91 Å². The third-order valence-corrected chi connectivity index (χ3v) is 6.47. The molecule has 9 nitrogen and oxygen atoms in total. The van der Waals surface area contributed by atoms with Crippen molar-refractivity contribution >= 4 is 35.4 Å². The molecule has 4 rings (SSSR count). The van der Waals surface area contributed by atoms with Crippen molar-refractivity contribution in [3.05, 3.63) is 58.2 Å². The number of carboxylic acids is 1. The average molecular weight is 471 g/mol. The van der Waals surface area contributed by atoms with Gasteiger partial charge >= 0.3 is 5.97 Å². The molecule has 2 aliphatic rings. The molecule has 1 unspecified atom stereocenters. The van der Waals surface area contributed by atoms with Crippen LogP contribution in [0.3, 0.4) is 0 Å². The highest BCUT2D eigenvalue weighted by Crippen LogP contribution is 2.40. The Kier molecular flexibility index (Phi) is 6.83. The molecular formula is C23H22N2O7S. The summed E-state index contributed by atoms with van der Waals surface area (Å²) in [5.74, 6) is -0.194. The largest absolute Gasteiger partial charge is 0.486 e. The highest BCUT2D eigenvalue weighted by molar-refractivity contribution is 7.99. The summed E-state index contributed by atoms with van der Waals surface area (Å²) in [6.07, 6.45) is 4.68. The molecule has 1 N–H and O–H groups in total. The molecule has 1 fully saturated rings. The van der Waals surface area contributed by atoms with Gasteiger partial charge in [-0.2, -0.15) is 0 Å². The van der Waals surface area contributed by atoms with Crippen molar-refractivity contribution in [1.29, 1.82) is 0 Å². The number of carboxylic acid groups (broad SMARTS) is 1. The number of nitrogens with zero attached hydrogens (tertiary/aromatic N) is 2. The fourth-order valence-electron chi connectivity index (χ4n) is 3.80. The normalized spacial score (nSPS) is 17.7.